The summed E-state index contributed by atoms with van der Waals surface area (Å²) in [5, 5.41) is 0. The Kier molecular flexibility index (Phi) is 6.87. The van der Waals surface area contributed by atoms with Crippen LogP contribution in [0.3, 0.4) is 0 Å². The number of benzene rings is 1. The molecule has 0 aromatic heterocycles. The van der Waals surface area contributed by atoms with Gasteiger partial charge in [-0.1, -0.05) is 0 Å². The fourth-order valence-electron chi connectivity index (χ4n) is 1.43. The molecule has 0 spiro atoms. The molecule has 86 valence electrons. The zero-order chi connectivity index (χ0) is 11.6. The summed E-state index contributed by atoms with van der Waals surface area (Å²) in [5.41, 5.74) is 0. The molecule has 16 heavy (non-hydrogen) atoms. The normalized spacial score (nSPS) is 11.4. The van der Waals surface area contributed by atoms with Crippen LogP contribution in [0.2, 0.25) is 0 Å². The van der Waals surface area contributed by atoms with E-state index in [1.54, 1.807) is 6.08 Å². The molecule has 0 aliphatic carbocycles. The molecule has 0 radical (unpaired) electrons. The van der Waals surface area contributed by atoms with Crippen LogP contribution in [0.25, 0.3) is 0 Å². The number of rotatable bonds is 7. The fraction of sp³-hybridized carbons (Fsp3) is 0.357. The van der Waals surface area contributed by atoms with E-state index >= 15 is 0 Å². The molecule has 0 amide bonds. The first kappa shape index (κ1) is 13.2. The third-order valence-corrected chi connectivity index (χ3v) is 4.60. The molecule has 1 aromatic carbocycles. The molecular weight excluding hydrogens is 263 g/mol. The van der Waals surface area contributed by atoms with E-state index in [0.717, 1.165) is 12.7 Å². The van der Waals surface area contributed by atoms with Gasteiger partial charge < -0.3 is 0 Å². The molecule has 0 N–H and O–H groups in total. The molecule has 0 aliphatic rings. The van der Waals surface area contributed by atoms with Crippen molar-refractivity contribution in [2.24, 2.45) is 0 Å². The fourth-order valence-corrected chi connectivity index (χ4v) is 3.46. The molecular formula is C14H18OSe. The number of carbonyl (C=O) groups excluding carboxylic acids is 1. The van der Waals surface area contributed by atoms with E-state index in [4.69, 9.17) is 0 Å². The van der Waals surface area contributed by atoms with Crippen molar-refractivity contribution >= 4 is 25.7 Å². The Hall–Kier alpha value is -0.851. The van der Waals surface area contributed by atoms with Crippen LogP contribution in [0.1, 0.15) is 32.6 Å². The predicted octanol–water partition coefficient (Wildman–Crippen LogP) is 2.68. The molecule has 0 saturated carbocycles. The number of hydrogen-bond donors (Lipinski definition) is 0. The van der Waals surface area contributed by atoms with Crippen LogP contribution in [0.5, 0.6) is 0 Å². The number of unbranched alkanes of at least 4 members (excludes halogenated alkanes) is 2. The minimum absolute atomic E-state index is 0.315. The Morgan fingerprint density at radius 3 is 2.62 bits per heavy atom. The van der Waals surface area contributed by atoms with Crippen LogP contribution in [0.4, 0.5) is 0 Å². The monoisotopic (exact) mass is 282 g/mol. The second kappa shape index (κ2) is 8.32. The average Bonchev–Trinajstić information content (AvgIpc) is 2.31. The van der Waals surface area contributed by atoms with E-state index in [0.29, 0.717) is 15.0 Å². The summed E-state index contributed by atoms with van der Waals surface area (Å²) < 4.78 is 2.65. The molecule has 1 rings (SSSR count). The Morgan fingerprint density at radius 2 is 2.00 bits per heavy atom. The number of allylic oxidation sites excluding steroid dienone is 2. The topological polar surface area (TPSA) is 17.1 Å². The molecule has 0 saturated heterocycles. The zero-order valence-corrected chi connectivity index (χ0v) is 11.4. The molecule has 0 bridgehead atoms. The summed E-state index contributed by atoms with van der Waals surface area (Å²) in [6, 6.07) is 10.4. The van der Waals surface area contributed by atoms with Crippen molar-refractivity contribution in [1.29, 1.82) is 0 Å². The molecule has 1 nitrogen and oxygen atoms in total. The molecule has 2 heteroatoms. The van der Waals surface area contributed by atoms with Crippen LogP contribution >= 0.6 is 0 Å². The molecule has 1 aromatic rings. The molecule has 0 heterocycles. The van der Waals surface area contributed by atoms with Gasteiger partial charge in [-0.05, 0) is 0 Å². The summed E-state index contributed by atoms with van der Waals surface area (Å²) in [4.78, 5) is 10.6. The van der Waals surface area contributed by atoms with E-state index in [1.807, 2.05) is 6.07 Å². The Morgan fingerprint density at radius 1 is 1.25 bits per heavy atom. The van der Waals surface area contributed by atoms with Gasteiger partial charge in [0.05, 0.1) is 0 Å². The van der Waals surface area contributed by atoms with Gasteiger partial charge in [0.2, 0.25) is 0 Å². The van der Waals surface area contributed by atoms with Gasteiger partial charge in [0, 0.05) is 0 Å². The van der Waals surface area contributed by atoms with E-state index < -0.39 is 0 Å². The van der Waals surface area contributed by atoms with E-state index in [9.17, 15) is 4.79 Å². The first-order chi connectivity index (χ1) is 7.86. The van der Waals surface area contributed by atoms with Crippen LogP contribution in [0, 0.1) is 0 Å². The summed E-state index contributed by atoms with van der Waals surface area (Å²) in [5.74, 6) is 0. The first-order valence-electron chi connectivity index (χ1n) is 5.74. The van der Waals surface area contributed by atoms with E-state index in [1.165, 1.54) is 28.2 Å². The van der Waals surface area contributed by atoms with Gasteiger partial charge >= 0.3 is 104 Å². The Bertz CT molecular complexity index is 330. The Labute approximate surface area is 104 Å². The standard InChI is InChI=1S/C14H18OSe/c1-2-3-5-8-14(11-12-15)16-13-9-6-4-7-10-13/h4,6-7,9-12H,2-3,5,8H2,1H3/b14-11-. The Balaban J connectivity index is 2.52. The van der Waals surface area contributed by atoms with Gasteiger partial charge in [0.1, 0.15) is 0 Å². The van der Waals surface area contributed by atoms with E-state index in [2.05, 4.69) is 31.2 Å². The van der Waals surface area contributed by atoms with Crippen molar-refractivity contribution in [2.45, 2.75) is 32.6 Å². The van der Waals surface area contributed by atoms with Crippen molar-refractivity contribution in [3.8, 4) is 0 Å². The predicted molar refractivity (Wildman–Crippen MR) is 70.1 cm³/mol. The average molecular weight is 281 g/mol. The number of aldehydes is 1. The van der Waals surface area contributed by atoms with Crippen molar-refractivity contribution in [1.82, 2.24) is 0 Å². The molecule has 0 fully saturated rings. The van der Waals surface area contributed by atoms with E-state index in [-0.39, 0.29) is 0 Å². The van der Waals surface area contributed by atoms with Crippen LogP contribution < -0.4 is 4.46 Å². The molecule has 0 aliphatic heterocycles. The summed E-state index contributed by atoms with van der Waals surface area (Å²) >= 11 is 0.315. The van der Waals surface area contributed by atoms with Gasteiger partial charge in [-0.3, -0.25) is 0 Å². The van der Waals surface area contributed by atoms with Gasteiger partial charge in [0.15, 0.2) is 0 Å². The second-order valence-corrected chi connectivity index (χ2v) is 6.16. The first-order valence-corrected chi connectivity index (χ1v) is 7.45. The zero-order valence-electron chi connectivity index (χ0n) is 9.69. The van der Waals surface area contributed by atoms with Crippen LogP contribution in [-0.2, 0) is 4.79 Å². The number of carbonyl (C=O) groups is 1. The van der Waals surface area contributed by atoms with Gasteiger partial charge in [-0.25, -0.2) is 0 Å². The number of hydrogen-bond acceptors (Lipinski definition) is 1. The quantitative estimate of drug-likeness (QED) is 0.325. The summed E-state index contributed by atoms with van der Waals surface area (Å²) in [6.45, 7) is 2.20. The van der Waals surface area contributed by atoms with Crippen molar-refractivity contribution in [3.63, 3.8) is 0 Å². The van der Waals surface area contributed by atoms with Crippen molar-refractivity contribution < 1.29 is 4.79 Å². The van der Waals surface area contributed by atoms with Gasteiger partial charge in [-0.15, -0.1) is 0 Å². The van der Waals surface area contributed by atoms with Crippen molar-refractivity contribution in [3.05, 3.63) is 40.9 Å². The minimum atomic E-state index is 0.315. The maximum atomic E-state index is 10.6. The summed E-state index contributed by atoms with van der Waals surface area (Å²) in [6.07, 6.45) is 7.43. The second-order valence-electron chi connectivity index (χ2n) is 3.64. The van der Waals surface area contributed by atoms with Gasteiger partial charge in [0.25, 0.3) is 0 Å². The molecule has 0 atom stereocenters. The third kappa shape index (κ3) is 5.29. The SMILES string of the molecule is CCCCC/C(=C/C=O)[Se]c1ccccc1. The maximum absolute atomic E-state index is 10.6. The molecule has 0 unspecified atom stereocenters. The third-order valence-electron chi connectivity index (χ3n) is 2.27. The van der Waals surface area contributed by atoms with Crippen molar-refractivity contribution in [2.75, 3.05) is 0 Å². The van der Waals surface area contributed by atoms with Crippen LogP contribution in [0.15, 0.2) is 40.9 Å². The summed E-state index contributed by atoms with van der Waals surface area (Å²) in [7, 11) is 0. The van der Waals surface area contributed by atoms with Gasteiger partial charge in [-0.2, -0.15) is 0 Å². The van der Waals surface area contributed by atoms with Crippen LogP contribution in [-0.4, -0.2) is 21.2 Å².